The topological polar surface area (TPSA) is 85.1 Å². The van der Waals surface area contributed by atoms with Crippen molar-refractivity contribution in [2.24, 2.45) is 0 Å². The molecule has 0 aliphatic rings. The van der Waals surface area contributed by atoms with Gasteiger partial charge in [-0.25, -0.2) is 13.1 Å². The summed E-state index contributed by atoms with van der Waals surface area (Å²) in [6, 6.07) is 16.3. The van der Waals surface area contributed by atoms with Crippen molar-refractivity contribution in [3.05, 3.63) is 66.1 Å². The van der Waals surface area contributed by atoms with Gasteiger partial charge in [-0.3, -0.25) is 0 Å². The van der Waals surface area contributed by atoms with Gasteiger partial charge < -0.3 is 4.42 Å². The lowest BCUT2D eigenvalue weighted by Crippen LogP contribution is -2.26. The van der Waals surface area contributed by atoms with E-state index in [2.05, 4.69) is 14.9 Å². The first kappa shape index (κ1) is 17.3. The maximum atomic E-state index is 12.3. The lowest BCUT2D eigenvalue weighted by atomic mass is 10.2. The Labute approximate surface area is 147 Å². The Hall–Kier alpha value is -2.51. The van der Waals surface area contributed by atoms with Crippen LogP contribution in [0.4, 0.5) is 0 Å². The summed E-state index contributed by atoms with van der Waals surface area (Å²) in [5, 5.41) is 7.94. The highest BCUT2D eigenvalue weighted by molar-refractivity contribution is 7.89. The smallest absolute Gasteiger partial charge is 0.247 e. The minimum absolute atomic E-state index is 0.189. The molecule has 0 spiro atoms. The molecule has 0 radical (unpaired) electrons. The number of sulfonamides is 1. The number of aryl methyl sites for hydroxylation is 1. The van der Waals surface area contributed by atoms with Crippen molar-refractivity contribution >= 4 is 10.0 Å². The van der Waals surface area contributed by atoms with Gasteiger partial charge in [0, 0.05) is 18.5 Å². The van der Waals surface area contributed by atoms with Crippen molar-refractivity contribution < 1.29 is 12.8 Å². The summed E-state index contributed by atoms with van der Waals surface area (Å²) >= 11 is 0. The van der Waals surface area contributed by atoms with E-state index in [1.165, 1.54) is 0 Å². The fraction of sp³-hybridized carbons (Fsp3) is 0.222. The fourth-order valence-corrected chi connectivity index (χ4v) is 3.36. The molecule has 1 N–H and O–H groups in total. The van der Waals surface area contributed by atoms with Gasteiger partial charge >= 0.3 is 0 Å². The first-order valence-electron chi connectivity index (χ1n) is 8.05. The first-order valence-corrected chi connectivity index (χ1v) is 9.53. The van der Waals surface area contributed by atoms with Crippen LogP contribution in [0.3, 0.4) is 0 Å². The summed E-state index contributed by atoms with van der Waals surface area (Å²) in [5.74, 6) is 0.816. The van der Waals surface area contributed by atoms with Gasteiger partial charge in [0.05, 0.1) is 4.90 Å². The molecule has 0 saturated heterocycles. The van der Waals surface area contributed by atoms with Crippen LogP contribution < -0.4 is 4.72 Å². The second-order valence-corrected chi connectivity index (χ2v) is 7.28. The predicted molar refractivity (Wildman–Crippen MR) is 94.4 cm³/mol. The van der Waals surface area contributed by atoms with E-state index in [4.69, 9.17) is 4.42 Å². The van der Waals surface area contributed by atoms with Gasteiger partial charge in [0.1, 0.15) is 0 Å². The van der Waals surface area contributed by atoms with Crippen LogP contribution in [0.15, 0.2) is 63.9 Å². The third kappa shape index (κ3) is 4.32. The van der Waals surface area contributed by atoms with E-state index in [9.17, 15) is 8.42 Å². The molecule has 7 heteroatoms. The third-order valence-electron chi connectivity index (χ3n) is 3.76. The molecule has 0 bridgehead atoms. The van der Waals surface area contributed by atoms with Gasteiger partial charge in [0.2, 0.25) is 21.8 Å². The van der Waals surface area contributed by atoms with E-state index in [1.807, 2.05) is 49.4 Å². The molecule has 0 aliphatic heterocycles. The van der Waals surface area contributed by atoms with Crippen molar-refractivity contribution in [2.75, 3.05) is 6.54 Å². The molecule has 0 saturated carbocycles. The second-order valence-electron chi connectivity index (χ2n) is 5.51. The molecular formula is C18H19N3O3S. The summed E-state index contributed by atoms with van der Waals surface area (Å²) in [5.41, 5.74) is 1.93. The van der Waals surface area contributed by atoms with E-state index in [-0.39, 0.29) is 11.4 Å². The van der Waals surface area contributed by atoms with Gasteiger partial charge in [0.25, 0.3) is 0 Å². The molecule has 130 valence electrons. The highest BCUT2D eigenvalue weighted by Gasteiger charge is 2.14. The Morgan fingerprint density at radius 1 is 1.00 bits per heavy atom. The molecular weight excluding hydrogens is 338 g/mol. The Morgan fingerprint density at radius 3 is 2.40 bits per heavy atom. The summed E-state index contributed by atoms with van der Waals surface area (Å²) < 4.78 is 32.7. The van der Waals surface area contributed by atoms with Gasteiger partial charge in [-0.1, -0.05) is 37.3 Å². The largest absolute Gasteiger partial charge is 0.421 e. The van der Waals surface area contributed by atoms with Crippen LogP contribution in [0.1, 0.15) is 18.4 Å². The monoisotopic (exact) mass is 357 g/mol. The lowest BCUT2D eigenvalue weighted by molar-refractivity contribution is 0.502. The average Bonchev–Trinajstić information content (AvgIpc) is 3.11. The molecule has 2 aromatic carbocycles. The van der Waals surface area contributed by atoms with E-state index >= 15 is 0 Å². The van der Waals surface area contributed by atoms with Gasteiger partial charge in [0.15, 0.2) is 0 Å². The second kappa shape index (κ2) is 7.58. The number of nitrogens with one attached hydrogen (secondary N) is 1. The van der Waals surface area contributed by atoms with Crippen molar-refractivity contribution in [3.8, 4) is 11.5 Å². The van der Waals surface area contributed by atoms with Crippen LogP contribution in [0.2, 0.25) is 0 Å². The predicted octanol–water partition coefficient (Wildman–Crippen LogP) is 2.82. The zero-order valence-electron chi connectivity index (χ0n) is 13.8. The van der Waals surface area contributed by atoms with Gasteiger partial charge in [-0.05, 0) is 36.2 Å². The van der Waals surface area contributed by atoms with Crippen molar-refractivity contribution in [3.63, 3.8) is 0 Å². The standard InChI is InChI=1S/C18H19N3O3S/c1-2-14-8-10-16(11-9-14)25(22,23)19-13-12-17-20-21-18(24-17)15-6-4-3-5-7-15/h3-11,19H,2,12-13H2,1H3. The zero-order chi connectivity index (χ0) is 17.7. The fourth-order valence-electron chi connectivity index (χ4n) is 2.33. The van der Waals surface area contributed by atoms with Crippen LogP contribution in [-0.4, -0.2) is 25.2 Å². The minimum atomic E-state index is -3.54. The minimum Gasteiger partial charge on any atom is -0.421 e. The normalized spacial score (nSPS) is 11.6. The highest BCUT2D eigenvalue weighted by atomic mass is 32.2. The molecule has 0 aliphatic carbocycles. The molecule has 0 unspecified atom stereocenters. The molecule has 0 amide bonds. The molecule has 0 atom stereocenters. The number of nitrogens with zero attached hydrogens (tertiary/aromatic N) is 2. The number of hydrogen-bond donors (Lipinski definition) is 1. The van der Waals surface area contributed by atoms with Crippen LogP contribution in [0, 0.1) is 0 Å². The zero-order valence-corrected chi connectivity index (χ0v) is 14.7. The number of rotatable bonds is 7. The molecule has 0 fully saturated rings. The van der Waals surface area contributed by atoms with E-state index in [0.29, 0.717) is 18.2 Å². The molecule has 6 nitrogen and oxygen atoms in total. The Bertz CT molecular complexity index is 920. The maximum Gasteiger partial charge on any atom is 0.247 e. The number of benzene rings is 2. The van der Waals surface area contributed by atoms with Crippen molar-refractivity contribution in [1.82, 2.24) is 14.9 Å². The molecule has 1 heterocycles. The molecule has 25 heavy (non-hydrogen) atoms. The van der Waals surface area contributed by atoms with Gasteiger partial charge in [-0.15, -0.1) is 10.2 Å². The molecule has 3 aromatic rings. The lowest BCUT2D eigenvalue weighted by Gasteiger charge is -2.06. The quantitative estimate of drug-likeness (QED) is 0.703. The molecule has 3 rings (SSSR count). The maximum absolute atomic E-state index is 12.3. The van der Waals surface area contributed by atoms with Crippen LogP contribution >= 0.6 is 0 Å². The van der Waals surface area contributed by atoms with Crippen LogP contribution in [0.25, 0.3) is 11.5 Å². The summed E-state index contributed by atoms with van der Waals surface area (Å²) in [4.78, 5) is 0.250. The summed E-state index contributed by atoms with van der Waals surface area (Å²) in [6.07, 6.45) is 1.20. The Kier molecular flexibility index (Phi) is 5.25. The number of aromatic nitrogens is 2. The summed E-state index contributed by atoms with van der Waals surface area (Å²) in [7, 11) is -3.54. The Balaban J connectivity index is 1.59. The van der Waals surface area contributed by atoms with Crippen molar-refractivity contribution in [1.29, 1.82) is 0 Å². The molecule has 1 aromatic heterocycles. The van der Waals surface area contributed by atoms with E-state index < -0.39 is 10.0 Å². The SMILES string of the molecule is CCc1ccc(S(=O)(=O)NCCc2nnc(-c3ccccc3)o2)cc1. The van der Waals surface area contributed by atoms with Gasteiger partial charge in [-0.2, -0.15) is 0 Å². The number of hydrogen-bond acceptors (Lipinski definition) is 5. The summed E-state index contributed by atoms with van der Waals surface area (Å²) in [6.45, 7) is 2.21. The van der Waals surface area contributed by atoms with Crippen LogP contribution in [-0.2, 0) is 22.9 Å². The average molecular weight is 357 g/mol. The third-order valence-corrected chi connectivity index (χ3v) is 5.24. The highest BCUT2D eigenvalue weighted by Crippen LogP contribution is 2.17. The Morgan fingerprint density at radius 2 is 1.72 bits per heavy atom. The van der Waals surface area contributed by atoms with Crippen molar-refractivity contribution in [2.45, 2.75) is 24.7 Å². The van der Waals surface area contributed by atoms with E-state index in [1.54, 1.807) is 12.1 Å². The van der Waals surface area contributed by atoms with Crippen LogP contribution in [0.5, 0.6) is 0 Å². The van der Waals surface area contributed by atoms with E-state index in [0.717, 1.165) is 17.5 Å². The first-order chi connectivity index (χ1) is 12.1.